The lowest BCUT2D eigenvalue weighted by Gasteiger charge is -2.55. The van der Waals surface area contributed by atoms with Gasteiger partial charge in [0.2, 0.25) is 0 Å². The minimum atomic E-state index is -0.444. The highest BCUT2D eigenvalue weighted by Gasteiger charge is 2.58. The first-order valence-corrected chi connectivity index (χ1v) is 8.99. The molecule has 0 aromatic heterocycles. The largest absolute Gasteiger partial charge is 0.444 e. The third kappa shape index (κ3) is 4.18. The molecule has 5 nitrogen and oxygen atoms in total. The van der Waals surface area contributed by atoms with Crippen LogP contribution in [0.3, 0.4) is 0 Å². The molecule has 1 N–H and O–H groups in total. The van der Waals surface area contributed by atoms with Gasteiger partial charge < -0.3 is 19.7 Å². The average molecular weight is 326 g/mol. The molecule has 0 aromatic rings. The van der Waals surface area contributed by atoms with Gasteiger partial charge in [0.15, 0.2) is 0 Å². The molecule has 23 heavy (non-hydrogen) atoms. The predicted octanol–water partition coefficient (Wildman–Crippen LogP) is 3.04. The number of fused-ring (bicyclic) bond motifs is 1. The van der Waals surface area contributed by atoms with Crippen LogP contribution in [0.4, 0.5) is 4.79 Å². The number of nitrogens with one attached hydrogen (secondary N) is 1. The van der Waals surface area contributed by atoms with Gasteiger partial charge in [-0.3, -0.25) is 0 Å². The maximum atomic E-state index is 12.3. The first-order chi connectivity index (χ1) is 10.7. The van der Waals surface area contributed by atoms with Gasteiger partial charge in [-0.1, -0.05) is 20.8 Å². The standard InChI is InChI=1S/C18H34N2O3/c1-7-10-20(16(21)23-17(2,3)4)11-9-19-14-13-8-12-22-15(13)18(14,5)6/h13-15,19H,7-12H2,1-6H3. The maximum absolute atomic E-state index is 12.3. The zero-order valence-corrected chi connectivity index (χ0v) is 15.6. The number of carbonyl (C=O) groups excluding carboxylic acids is 1. The molecule has 1 aliphatic carbocycles. The predicted molar refractivity (Wildman–Crippen MR) is 91.5 cm³/mol. The summed E-state index contributed by atoms with van der Waals surface area (Å²) in [6.07, 6.45) is 2.28. The van der Waals surface area contributed by atoms with E-state index >= 15 is 0 Å². The van der Waals surface area contributed by atoms with Gasteiger partial charge in [-0.25, -0.2) is 4.79 Å². The van der Waals surface area contributed by atoms with Gasteiger partial charge in [-0.05, 0) is 33.6 Å². The molecule has 0 aromatic carbocycles. The topological polar surface area (TPSA) is 50.8 Å². The second kappa shape index (κ2) is 6.98. The fraction of sp³-hybridized carbons (Fsp3) is 0.944. The molecule has 3 unspecified atom stereocenters. The Hall–Kier alpha value is -0.810. The van der Waals surface area contributed by atoms with Crippen molar-refractivity contribution in [3.63, 3.8) is 0 Å². The van der Waals surface area contributed by atoms with Crippen molar-refractivity contribution in [1.29, 1.82) is 0 Å². The summed E-state index contributed by atoms with van der Waals surface area (Å²) in [5.41, 5.74) is -0.260. The molecule has 2 fully saturated rings. The summed E-state index contributed by atoms with van der Waals surface area (Å²) < 4.78 is 11.3. The molecule has 1 amide bonds. The summed E-state index contributed by atoms with van der Waals surface area (Å²) >= 11 is 0. The Morgan fingerprint density at radius 2 is 2.04 bits per heavy atom. The number of hydrogen-bond acceptors (Lipinski definition) is 4. The Morgan fingerprint density at radius 3 is 2.65 bits per heavy atom. The van der Waals surface area contributed by atoms with Gasteiger partial charge >= 0.3 is 6.09 Å². The smallest absolute Gasteiger partial charge is 0.410 e. The van der Waals surface area contributed by atoms with Crippen LogP contribution < -0.4 is 5.32 Å². The molecule has 0 bridgehead atoms. The molecule has 1 saturated heterocycles. The summed E-state index contributed by atoms with van der Waals surface area (Å²) in [5, 5.41) is 3.66. The Morgan fingerprint density at radius 1 is 1.35 bits per heavy atom. The number of carbonyl (C=O) groups is 1. The number of amides is 1. The number of rotatable bonds is 6. The van der Waals surface area contributed by atoms with Crippen LogP contribution >= 0.6 is 0 Å². The molecule has 2 aliphatic rings. The molecule has 1 aliphatic heterocycles. The van der Waals surface area contributed by atoms with E-state index in [2.05, 4.69) is 26.1 Å². The molecule has 0 radical (unpaired) electrons. The quantitative estimate of drug-likeness (QED) is 0.815. The second-order valence-electron chi connectivity index (χ2n) is 8.46. The number of nitrogens with zero attached hydrogens (tertiary/aromatic N) is 1. The molecule has 0 spiro atoms. The van der Waals surface area contributed by atoms with Crippen LogP contribution in [0.15, 0.2) is 0 Å². The lowest BCUT2D eigenvalue weighted by atomic mass is 9.57. The SMILES string of the molecule is CCCN(CCNC1C2CCOC2C1(C)C)C(=O)OC(C)(C)C. The minimum Gasteiger partial charge on any atom is -0.444 e. The Labute approximate surface area is 141 Å². The normalized spacial score (nSPS) is 28.9. The first-order valence-electron chi connectivity index (χ1n) is 8.99. The van der Waals surface area contributed by atoms with Gasteiger partial charge in [0.25, 0.3) is 0 Å². The Kier molecular flexibility index (Phi) is 5.62. The molecular weight excluding hydrogens is 292 g/mol. The summed E-state index contributed by atoms with van der Waals surface area (Å²) in [6.45, 7) is 15.5. The molecular formula is C18H34N2O3. The molecule has 1 saturated carbocycles. The summed E-state index contributed by atoms with van der Waals surface area (Å²) in [6, 6.07) is 0.483. The van der Waals surface area contributed by atoms with E-state index in [1.807, 2.05) is 25.7 Å². The maximum Gasteiger partial charge on any atom is 0.410 e. The van der Waals surface area contributed by atoms with E-state index in [4.69, 9.17) is 9.47 Å². The van der Waals surface area contributed by atoms with Gasteiger partial charge in [-0.15, -0.1) is 0 Å². The Balaban J connectivity index is 1.81. The van der Waals surface area contributed by atoms with Crippen molar-refractivity contribution < 1.29 is 14.3 Å². The fourth-order valence-electron chi connectivity index (χ4n) is 3.98. The molecule has 3 atom stereocenters. The highest BCUT2D eigenvalue weighted by atomic mass is 16.6. The third-order valence-electron chi connectivity index (χ3n) is 4.99. The van der Waals surface area contributed by atoms with Crippen molar-refractivity contribution in [2.75, 3.05) is 26.2 Å². The first kappa shape index (κ1) is 18.5. The van der Waals surface area contributed by atoms with Crippen LogP contribution in [-0.2, 0) is 9.47 Å². The summed E-state index contributed by atoms with van der Waals surface area (Å²) in [5.74, 6) is 0.631. The van der Waals surface area contributed by atoms with Gasteiger partial charge in [0.05, 0.1) is 6.10 Å². The molecule has 134 valence electrons. The van der Waals surface area contributed by atoms with Crippen molar-refractivity contribution in [3.8, 4) is 0 Å². The van der Waals surface area contributed by atoms with Crippen LogP contribution in [-0.4, -0.2) is 55.0 Å². The lowest BCUT2D eigenvalue weighted by Crippen LogP contribution is -2.66. The van der Waals surface area contributed by atoms with E-state index in [-0.39, 0.29) is 11.5 Å². The van der Waals surface area contributed by atoms with Gasteiger partial charge in [0.1, 0.15) is 5.60 Å². The number of ether oxygens (including phenoxy) is 2. The van der Waals surface area contributed by atoms with Crippen molar-refractivity contribution in [2.45, 2.75) is 72.1 Å². The van der Waals surface area contributed by atoms with Gasteiger partial charge in [-0.2, -0.15) is 0 Å². The highest BCUT2D eigenvalue weighted by Crippen LogP contribution is 2.51. The van der Waals surface area contributed by atoms with Crippen molar-refractivity contribution >= 4 is 6.09 Å². The van der Waals surface area contributed by atoms with Crippen LogP contribution in [0.5, 0.6) is 0 Å². The van der Waals surface area contributed by atoms with Crippen LogP contribution in [0.1, 0.15) is 54.4 Å². The highest BCUT2D eigenvalue weighted by molar-refractivity contribution is 5.68. The summed E-state index contributed by atoms with van der Waals surface area (Å²) in [7, 11) is 0. The van der Waals surface area contributed by atoms with E-state index in [0.29, 0.717) is 24.6 Å². The van der Waals surface area contributed by atoms with Crippen molar-refractivity contribution in [1.82, 2.24) is 10.2 Å². The summed E-state index contributed by atoms with van der Waals surface area (Å²) in [4.78, 5) is 14.1. The van der Waals surface area contributed by atoms with E-state index in [9.17, 15) is 4.79 Å². The lowest BCUT2D eigenvalue weighted by molar-refractivity contribution is -0.112. The third-order valence-corrected chi connectivity index (χ3v) is 4.99. The van der Waals surface area contributed by atoms with Crippen molar-refractivity contribution in [3.05, 3.63) is 0 Å². The molecule has 5 heteroatoms. The van der Waals surface area contributed by atoms with Crippen LogP contribution in [0, 0.1) is 11.3 Å². The molecule has 1 heterocycles. The average Bonchev–Trinajstić information content (AvgIpc) is 2.86. The number of hydrogen-bond donors (Lipinski definition) is 1. The van der Waals surface area contributed by atoms with Crippen LogP contribution in [0.2, 0.25) is 0 Å². The van der Waals surface area contributed by atoms with Crippen molar-refractivity contribution in [2.24, 2.45) is 11.3 Å². The van der Waals surface area contributed by atoms with E-state index in [1.54, 1.807) is 0 Å². The monoisotopic (exact) mass is 326 g/mol. The fourth-order valence-corrected chi connectivity index (χ4v) is 3.98. The zero-order chi connectivity index (χ0) is 17.3. The minimum absolute atomic E-state index is 0.183. The van der Waals surface area contributed by atoms with E-state index in [0.717, 1.165) is 32.5 Å². The Bertz CT molecular complexity index is 417. The van der Waals surface area contributed by atoms with Gasteiger partial charge in [0, 0.05) is 43.6 Å². The second-order valence-corrected chi connectivity index (χ2v) is 8.46. The molecule has 2 rings (SSSR count). The van der Waals surface area contributed by atoms with Crippen LogP contribution in [0.25, 0.3) is 0 Å². The zero-order valence-electron chi connectivity index (χ0n) is 15.6. The van der Waals surface area contributed by atoms with E-state index < -0.39 is 5.60 Å². The van der Waals surface area contributed by atoms with E-state index in [1.165, 1.54) is 0 Å².